The molecule has 2 aromatic rings. The predicted octanol–water partition coefficient (Wildman–Crippen LogP) is 0.241. The van der Waals surface area contributed by atoms with Crippen LogP contribution in [0.2, 0.25) is 0 Å². The Kier molecular flexibility index (Phi) is 18.1. The summed E-state index contributed by atoms with van der Waals surface area (Å²) in [6.07, 6.45) is 0. The molecule has 2 aromatic heterocycles. The van der Waals surface area contributed by atoms with E-state index < -0.39 is 0 Å². The van der Waals surface area contributed by atoms with Crippen LogP contribution in [0.15, 0.2) is 20.7 Å². The summed E-state index contributed by atoms with van der Waals surface area (Å²) in [7, 11) is 0. The maximum absolute atomic E-state index is 10.5. The summed E-state index contributed by atoms with van der Waals surface area (Å²) in [6.45, 7) is 2.96. The zero-order valence-electron chi connectivity index (χ0n) is 16.4. The van der Waals surface area contributed by atoms with E-state index in [2.05, 4.69) is 20.0 Å². The van der Waals surface area contributed by atoms with Crippen LogP contribution in [0.25, 0.3) is 0 Å². The van der Waals surface area contributed by atoms with Crippen LogP contribution in [-0.4, -0.2) is 39.3 Å². The number of halogens is 2. The molecule has 0 aliphatic rings. The van der Waals surface area contributed by atoms with E-state index in [0.717, 1.165) is 0 Å². The Morgan fingerprint density at radius 2 is 1.16 bits per heavy atom. The number of nitrogens with zero attached hydrogens (tertiary/aromatic N) is 4. The molecule has 0 radical (unpaired) electrons. The lowest BCUT2D eigenvalue weighted by atomic mass is 10.5. The maximum atomic E-state index is 10.5. The first-order valence-corrected chi connectivity index (χ1v) is 9.26. The number of thiazole rings is 2. The quantitative estimate of drug-likeness (QED) is 0.230. The number of hydrogen-bond acceptors (Lipinski definition) is 10. The number of rotatable bonds is 6. The van der Waals surface area contributed by atoms with Crippen molar-refractivity contribution in [3.8, 4) is 0 Å². The number of carbonyl (C=O) groups excluding carboxylic acids is 2. The molecule has 0 amide bonds. The molecule has 0 unspecified atom stereocenters. The number of carbonyl (C=O) groups is 2. The minimum atomic E-state index is -0.346. The second-order valence-electron chi connectivity index (χ2n) is 4.88. The van der Waals surface area contributed by atoms with Gasteiger partial charge in [-0.25, -0.2) is 9.97 Å². The summed E-state index contributed by atoms with van der Waals surface area (Å²) in [6, 6.07) is 0. The van der Waals surface area contributed by atoms with Crippen molar-refractivity contribution in [2.75, 3.05) is 0 Å². The molecule has 0 saturated carbocycles. The van der Waals surface area contributed by atoms with Crippen molar-refractivity contribution in [2.45, 2.75) is 27.1 Å². The van der Waals surface area contributed by atoms with Gasteiger partial charge in [0.05, 0.1) is 11.4 Å². The van der Waals surface area contributed by atoms with Crippen molar-refractivity contribution in [3.05, 3.63) is 22.1 Å². The number of aromatic nitrogens is 2. The van der Waals surface area contributed by atoms with E-state index in [9.17, 15) is 9.59 Å². The van der Waals surface area contributed by atoms with Gasteiger partial charge in [0.1, 0.15) is 13.2 Å². The topological polar surface area (TPSA) is 239 Å². The molecular weight excluding hydrogens is 495 g/mol. The largest absolute Gasteiger partial charge is 0.459 e. The molecule has 0 aliphatic carbocycles. The van der Waals surface area contributed by atoms with Crippen LogP contribution in [0.4, 0.5) is 10.3 Å². The van der Waals surface area contributed by atoms with Gasteiger partial charge in [-0.05, 0) is 0 Å². The Hall–Kier alpha value is -2.72. The summed E-state index contributed by atoms with van der Waals surface area (Å²) < 4.78 is 9.48. The molecule has 0 bridgehead atoms. The fraction of sp³-hybridized carbons (Fsp3) is 0.286. The van der Waals surface area contributed by atoms with E-state index in [4.69, 9.17) is 32.4 Å². The molecule has 0 spiro atoms. The average molecular weight is 519 g/mol. The Balaban J connectivity index is -0.000000461. The average Bonchev–Trinajstić information content (AvgIpc) is 3.20. The molecular formula is C14H24Cl2N8O5S2. The highest BCUT2D eigenvalue weighted by Gasteiger charge is 2.03. The van der Waals surface area contributed by atoms with Crippen molar-refractivity contribution < 1.29 is 24.5 Å². The first kappa shape index (κ1) is 32.9. The Labute approximate surface area is 198 Å². The van der Waals surface area contributed by atoms with E-state index in [0.29, 0.717) is 21.7 Å². The Bertz CT molecular complexity index is 796. The van der Waals surface area contributed by atoms with Gasteiger partial charge in [-0.2, -0.15) is 9.98 Å². The fourth-order valence-electron chi connectivity index (χ4n) is 1.40. The van der Waals surface area contributed by atoms with Crippen molar-refractivity contribution in [3.63, 3.8) is 0 Å². The normalized spacial score (nSPS) is 8.58. The molecule has 176 valence electrons. The minimum absolute atomic E-state index is 0. The third kappa shape index (κ3) is 15.7. The molecule has 17 heteroatoms. The van der Waals surface area contributed by atoms with Crippen LogP contribution in [0.3, 0.4) is 0 Å². The van der Waals surface area contributed by atoms with E-state index in [1.54, 1.807) is 10.8 Å². The summed E-state index contributed by atoms with van der Waals surface area (Å²) in [5, 5.41) is 4.36. The van der Waals surface area contributed by atoms with Crippen molar-refractivity contribution in [1.29, 1.82) is 0 Å². The number of aliphatic imine (C=N–C) groups is 2. The highest BCUT2D eigenvalue weighted by atomic mass is 35.5. The minimum Gasteiger partial charge on any atom is -0.459 e. The number of ether oxygens (including phenoxy) is 2. The molecule has 13 nitrogen and oxygen atoms in total. The van der Waals surface area contributed by atoms with Gasteiger partial charge in [-0.3, -0.25) is 9.59 Å². The summed E-state index contributed by atoms with van der Waals surface area (Å²) in [5.74, 6) is -0.778. The van der Waals surface area contributed by atoms with Crippen molar-refractivity contribution in [2.24, 2.45) is 32.9 Å². The second kappa shape index (κ2) is 17.0. The van der Waals surface area contributed by atoms with Crippen LogP contribution in [0.1, 0.15) is 25.2 Å². The molecule has 0 aliphatic heterocycles. The number of hydrogen-bond donors (Lipinski definition) is 4. The molecule has 0 aromatic carbocycles. The highest BCUT2D eigenvalue weighted by molar-refractivity contribution is 7.13. The predicted molar refractivity (Wildman–Crippen MR) is 124 cm³/mol. The highest BCUT2D eigenvalue weighted by Crippen LogP contribution is 2.19. The van der Waals surface area contributed by atoms with Crippen LogP contribution in [-0.2, 0) is 32.3 Å². The van der Waals surface area contributed by atoms with Crippen LogP contribution < -0.4 is 22.9 Å². The van der Waals surface area contributed by atoms with Crippen LogP contribution in [0.5, 0.6) is 0 Å². The van der Waals surface area contributed by atoms with Gasteiger partial charge >= 0.3 is 11.9 Å². The van der Waals surface area contributed by atoms with Gasteiger partial charge in [-0.1, -0.05) is 0 Å². The standard InChI is InChI=1S/2C7H10N4O2S.2ClH.H2O/c2*1-4(12)13-2-5-3-14-7(10-5)11-6(8)9;;;/h2*3H,2H2,1H3,(H4,8,9,10,11);2*1H;1H2. The van der Waals surface area contributed by atoms with Crippen molar-refractivity contribution >= 4 is 81.6 Å². The lowest BCUT2D eigenvalue weighted by molar-refractivity contribution is -0.143. The van der Waals surface area contributed by atoms with Crippen molar-refractivity contribution in [1.82, 2.24) is 9.97 Å². The molecule has 0 atom stereocenters. The van der Waals surface area contributed by atoms with Gasteiger partial charge in [0.25, 0.3) is 0 Å². The molecule has 0 saturated heterocycles. The Morgan fingerprint density at radius 1 is 0.839 bits per heavy atom. The Morgan fingerprint density at radius 3 is 1.42 bits per heavy atom. The molecule has 0 fully saturated rings. The smallest absolute Gasteiger partial charge is 0.303 e. The first-order chi connectivity index (χ1) is 13.2. The van der Waals surface area contributed by atoms with Gasteiger partial charge in [0.15, 0.2) is 11.9 Å². The van der Waals surface area contributed by atoms with E-state index in [1.807, 2.05) is 0 Å². The third-order valence-corrected chi connectivity index (χ3v) is 3.94. The SMILES string of the molecule is CC(=O)OCc1csc(N=C(N)N)n1.CC(=O)OCc1csc(N=C(N)N)n1.Cl.Cl.O. The lowest BCUT2D eigenvalue weighted by Gasteiger charge is -1.95. The number of esters is 2. The molecule has 31 heavy (non-hydrogen) atoms. The lowest BCUT2D eigenvalue weighted by Crippen LogP contribution is -2.21. The molecule has 10 N–H and O–H groups in total. The van der Waals surface area contributed by atoms with Crippen LogP contribution >= 0.6 is 47.5 Å². The number of nitrogens with two attached hydrogens (primary N) is 4. The molecule has 2 rings (SSSR count). The fourth-order valence-corrected chi connectivity index (χ4v) is 2.78. The monoisotopic (exact) mass is 518 g/mol. The zero-order valence-corrected chi connectivity index (χ0v) is 19.7. The van der Waals surface area contributed by atoms with Crippen LogP contribution in [0, 0.1) is 0 Å². The third-order valence-electron chi connectivity index (χ3n) is 2.38. The summed E-state index contributed by atoms with van der Waals surface area (Å²) in [4.78, 5) is 36.5. The first-order valence-electron chi connectivity index (χ1n) is 7.50. The van der Waals surface area contributed by atoms with Gasteiger partial charge < -0.3 is 37.9 Å². The van der Waals surface area contributed by atoms with Gasteiger partial charge in [0.2, 0.25) is 10.3 Å². The molecule has 2 heterocycles. The maximum Gasteiger partial charge on any atom is 0.303 e. The van der Waals surface area contributed by atoms with Gasteiger partial charge in [0, 0.05) is 24.6 Å². The summed E-state index contributed by atoms with van der Waals surface area (Å²) >= 11 is 2.56. The summed E-state index contributed by atoms with van der Waals surface area (Å²) in [5.41, 5.74) is 21.9. The van der Waals surface area contributed by atoms with E-state index in [-0.39, 0.29) is 67.4 Å². The van der Waals surface area contributed by atoms with Gasteiger partial charge in [-0.15, -0.1) is 47.5 Å². The zero-order chi connectivity index (χ0) is 21.1. The second-order valence-corrected chi connectivity index (χ2v) is 6.55. The number of guanidine groups is 2. The van der Waals surface area contributed by atoms with E-state index in [1.165, 1.54) is 36.5 Å². The van der Waals surface area contributed by atoms with E-state index >= 15 is 0 Å².